The first kappa shape index (κ1) is 10.4. The van der Waals surface area contributed by atoms with Gasteiger partial charge in [0, 0.05) is 5.56 Å². The fraction of sp³-hybridized carbons (Fsp3) is 0.300. The van der Waals surface area contributed by atoms with Crippen molar-refractivity contribution in [2.75, 3.05) is 14.2 Å². The molecular weight excluding hydrogens is 182 g/mol. The van der Waals surface area contributed by atoms with Crippen LogP contribution in [-0.4, -0.2) is 20.1 Å². The summed E-state index contributed by atoms with van der Waals surface area (Å²) in [6, 6.07) is 3.23. The number of primary amides is 1. The summed E-state index contributed by atoms with van der Waals surface area (Å²) in [6.07, 6.45) is 0. The molecule has 0 aliphatic carbocycles. The highest BCUT2D eigenvalue weighted by molar-refractivity contribution is 5.93. The van der Waals surface area contributed by atoms with Gasteiger partial charge in [-0.15, -0.1) is 0 Å². The minimum Gasteiger partial charge on any atom is -0.493 e. The number of carbonyl (C=O) groups excluding carboxylic acids is 1. The second-order valence-corrected chi connectivity index (χ2v) is 2.89. The van der Waals surface area contributed by atoms with Gasteiger partial charge in [-0.1, -0.05) is 0 Å². The van der Waals surface area contributed by atoms with Gasteiger partial charge in [0.1, 0.15) is 0 Å². The van der Waals surface area contributed by atoms with Gasteiger partial charge in [-0.3, -0.25) is 4.79 Å². The number of amides is 1. The molecule has 0 saturated carbocycles. The van der Waals surface area contributed by atoms with Crippen LogP contribution in [0.2, 0.25) is 0 Å². The topological polar surface area (TPSA) is 61.5 Å². The summed E-state index contributed by atoms with van der Waals surface area (Å²) < 4.78 is 10.2. The van der Waals surface area contributed by atoms with Gasteiger partial charge in [-0.25, -0.2) is 0 Å². The molecule has 1 aromatic rings. The zero-order chi connectivity index (χ0) is 10.7. The highest BCUT2D eigenvalue weighted by Gasteiger charge is 2.11. The van der Waals surface area contributed by atoms with Crippen LogP contribution in [0.4, 0.5) is 0 Å². The Bertz CT molecular complexity index is 361. The van der Waals surface area contributed by atoms with E-state index in [1.54, 1.807) is 19.2 Å². The lowest BCUT2D eigenvalue weighted by atomic mass is 10.1. The van der Waals surface area contributed by atoms with Crippen molar-refractivity contribution in [1.82, 2.24) is 0 Å². The van der Waals surface area contributed by atoms with Gasteiger partial charge in [0.2, 0.25) is 5.91 Å². The summed E-state index contributed by atoms with van der Waals surface area (Å²) in [5.41, 5.74) is 6.40. The van der Waals surface area contributed by atoms with E-state index in [4.69, 9.17) is 15.2 Å². The third kappa shape index (κ3) is 1.79. The van der Waals surface area contributed by atoms with E-state index < -0.39 is 5.91 Å². The summed E-state index contributed by atoms with van der Waals surface area (Å²) in [5.74, 6) is 0.660. The molecule has 0 aromatic heterocycles. The van der Waals surface area contributed by atoms with Crippen LogP contribution in [0.15, 0.2) is 12.1 Å². The second kappa shape index (κ2) is 4.00. The van der Waals surface area contributed by atoms with Gasteiger partial charge < -0.3 is 15.2 Å². The Kier molecular flexibility index (Phi) is 2.96. The van der Waals surface area contributed by atoms with Crippen LogP contribution in [0.25, 0.3) is 0 Å². The van der Waals surface area contributed by atoms with Crippen molar-refractivity contribution < 1.29 is 14.3 Å². The smallest absolute Gasteiger partial charge is 0.248 e. The van der Waals surface area contributed by atoms with Crippen molar-refractivity contribution in [2.24, 2.45) is 5.73 Å². The van der Waals surface area contributed by atoms with Gasteiger partial charge in [-0.2, -0.15) is 0 Å². The zero-order valence-corrected chi connectivity index (χ0v) is 8.46. The van der Waals surface area contributed by atoms with Crippen molar-refractivity contribution in [3.63, 3.8) is 0 Å². The van der Waals surface area contributed by atoms with E-state index >= 15 is 0 Å². The van der Waals surface area contributed by atoms with Crippen molar-refractivity contribution >= 4 is 5.91 Å². The molecule has 1 rings (SSSR count). The highest BCUT2D eigenvalue weighted by atomic mass is 16.5. The fourth-order valence-corrected chi connectivity index (χ4v) is 1.30. The molecule has 0 spiro atoms. The van der Waals surface area contributed by atoms with Crippen LogP contribution in [0.5, 0.6) is 11.5 Å². The largest absolute Gasteiger partial charge is 0.493 e. The summed E-state index contributed by atoms with van der Waals surface area (Å²) in [5, 5.41) is 0. The number of rotatable bonds is 3. The minimum absolute atomic E-state index is 0.417. The third-order valence-electron chi connectivity index (χ3n) is 1.95. The summed E-state index contributed by atoms with van der Waals surface area (Å²) in [6.45, 7) is 1.83. The van der Waals surface area contributed by atoms with Crippen LogP contribution in [0, 0.1) is 6.92 Å². The first-order valence-electron chi connectivity index (χ1n) is 4.12. The zero-order valence-electron chi connectivity index (χ0n) is 8.46. The number of benzene rings is 1. The number of methoxy groups -OCH3 is 2. The predicted octanol–water partition coefficient (Wildman–Crippen LogP) is 1.11. The standard InChI is InChI=1S/C10H13NO3/c1-6-4-7(10(11)12)5-8(13-2)9(6)14-3/h4-5H,1-3H3,(H2,11,12). The molecule has 0 aliphatic rings. The quantitative estimate of drug-likeness (QED) is 0.785. The average Bonchev–Trinajstić information content (AvgIpc) is 2.16. The molecule has 4 nitrogen and oxygen atoms in total. The number of carbonyl (C=O) groups is 1. The van der Waals surface area contributed by atoms with E-state index in [9.17, 15) is 4.79 Å². The molecule has 14 heavy (non-hydrogen) atoms. The van der Waals surface area contributed by atoms with Gasteiger partial charge in [0.15, 0.2) is 11.5 Å². The summed E-state index contributed by atoms with van der Waals surface area (Å²) in [4.78, 5) is 10.9. The van der Waals surface area contributed by atoms with Crippen LogP contribution in [-0.2, 0) is 0 Å². The minimum atomic E-state index is -0.478. The molecule has 76 valence electrons. The summed E-state index contributed by atoms with van der Waals surface area (Å²) >= 11 is 0. The lowest BCUT2D eigenvalue weighted by molar-refractivity contribution is 0.1000. The molecule has 4 heteroatoms. The van der Waals surface area contributed by atoms with Crippen LogP contribution < -0.4 is 15.2 Å². The van der Waals surface area contributed by atoms with Crippen LogP contribution >= 0.6 is 0 Å². The van der Waals surface area contributed by atoms with E-state index in [2.05, 4.69) is 0 Å². The summed E-state index contributed by atoms with van der Waals surface area (Å²) in [7, 11) is 3.07. The molecule has 1 amide bonds. The van der Waals surface area contributed by atoms with Crippen molar-refractivity contribution in [2.45, 2.75) is 6.92 Å². The fourth-order valence-electron chi connectivity index (χ4n) is 1.30. The number of ether oxygens (including phenoxy) is 2. The molecule has 0 aliphatic heterocycles. The van der Waals surface area contributed by atoms with Gasteiger partial charge in [0.05, 0.1) is 14.2 Å². The normalized spacial score (nSPS) is 9.64. The molecule has 1 aromatic carbocycles. The van der Waals surface area contributed by atoms with Gasteiger partial charge >= 0.3 is 0 Å². The first-order valence-corrected chi connectivity index (χ1v) is 4.12. The lowest BCUT2D eigenvalue weighted by Gasteiger charge is -2.11. The Morgan fingerprint density at radius 3 is 2.36 bits per heavy atom. The van der Waals surface area contributed by atoms with E-state index in [1.165, 1.54) is 7.11 Å². The number of hydrogen-bond acceptors (Lipinski definition) is 3. The molecule has 0 atom stereocenters. The van der Waals surface area contributed by atoms with Crippen molar-refractivity contribution in [1.29, 1.82) is 0 Å². The van der Waals surface area contributed by atoms with E-state index in [0.29, 0.717) is 17.1 Å². The lowest BCUT2D eigenvalue weighted by Crippen LogP contribution is -2.11. The Hall–Kier alpha value is -1.71. The van der Waals surface area contributed by atoms with Crippen molar-refractivity contribution in [3.8, 4) is 11.5 Å². The monoisotopic (exact) mass is 195 g/mol. The van der Waals surface area contributed by atoms with E-state index in [0.717, 1.165) is 5.56 Å². The molecule has 0 radical (unpaired) electrons. The molecule has 0 saturated heterocycles. The maximum absolute atomic E-state index is 10.9. The molecule has 0 bridgehead atoms. The van der Waals surface area contributed by atoms with Gasteiger partial charge in [0.25, 0.3) is 0 Å². The molecule has 0 fully saturated rings. The third-order valence-corrected chi connectivity index (χ3v) is 1.95. The van der Waals surface area contributed by atoms with Gasteiger partial charge in [-0.05, 0) is 24.6 Å². The highest BCUT2D eigenvalue weighted by Crippen LogP contribution is 2.31. The van der Waals surface area contributed by atoms with Crippen LogP contribution in [0.1, 0.15) is 15.9 Å². The Balaban J connectivity index is 3.31. The van der Waals surface area contributed by atoms with Crippen molar-refractivity contribution in [3.05, 3.63) is 23.3 Å². The maximum Gasteiger partial charge on any atom is 0.248 e. The Labute approximate surface area is 82.6 Å². The number of aryl methyl sites for hydroxylation is 1. The van der Waals surface area contributed by atoms with E-state index in [1.807, 2.05) is 6.92 Å². The molecule has 2 N–H and O–H groups in total. The van der Waals surface area contributed by atoms with Crippen LogP contribution in [0.3, 0.4) is 0 Å². The molecule has 0 unspecified atom stereocenters. The molecule has 0 heterocycles. The Morgan fingerprint density at radius 2 is 1.93 bits per heavy atom. The number of nitrogens with two attached hydrogens (primary N) is 1. The number of hydrogen-bond donors (Lipinski definition) is 1. The first-order chi connectivity index (χ1) is 6.60. The average molecular weight is 195 g/mol. The molecular formula is C10H13NO3. The maximum atomic E-state index is 10.9. The second-order valence-electron chi connectivity index (χ2n) is 2.89. The predicted molar refractivity (Wildman–Crippen MR) is 52.8 cm³/mol. The SMILES string of the molecule is COc1cc(C(N)=O)cc(C)c1OC. The van der Waals surface area contributed by atoms with E-state index in [-0.39, 0.29) is 0 Å². The Morgan fingerprint density at radius 1 is 1.29 bits per heavy atom.